The Labute approximate surface area is 206 Å². The third kappa shape index (κ3) is 7.18. The summed E-state index contributed by atoms with van der Waals surface area (Å²) in [4.78, 5) is 0. The molecular weight excluding hydrogens is 464 g/mol. The summed E-state index contributed by atoms with van der Waals surface area (Å²) in [5, 5.41) is 3.14. The van der Waals surface area contributed by atoms with Crippen LogP contribution >= 0.6 is 0 Å². The summed E-state index contributed by atoms with van der Waals surface area (Å²) in [7, 11) is 1.23. The van der Waals surface area contributed by atoms with Gasteiger partial charge in [-0.25, -0.2) is 0 Å². The molecule has 0 heterocycles. The van der Waals surface area contributed by atoms with Gasteiger partial charge in [0.1, 0.15) is 6.79 Å². The summed E-state index contributed by atoms with van der Waals surface area (Å²) in [6, 6.07) is 30.0. The van der Waals surface area contributed by atoms with Gasteiger partial charge in [0.15, 0.2) is 0 Å². The normalized spacial score (nSPS) is 11.6. The fourth-order valence-corrected chi connectivity index (χ4v) is 8.09. The molecule has 0 atom stereocenters. The van der Waals surface area contributed by atoms with E-state index in [0.717, 1.165) is 22.0 Å². The molecule has 34 heavy (non-hydrogen) atoms. The third-order valence-corrected chi connectivity index (χ3v) is 11.2. The molecule has 6 nitrogen and oxygen atoms in total. The molecule has 184 valence electrons. The molecule has 3 aromatic carbocycles. The predicted molar refractivity (Wildman–Crippen MR) is 140 cm³/mol. The van der Waals surface area contributed by atoms with E-state index in [9.17, 15) is 0 Å². The van der Waals surface area contributed by atoms with E-state index in [-0.39, 0.29) is 6.79 Å². The summed E-state index contributed by atoms with van der Waals surface area (Å²) in [6.45, 7) is 3.02. The van der Waals surface area contributed by atoms with Gasteiger partial charge >= 0.3 is 17.4 Å². The molecule has 0 fully saturated rings. The molecule has 0 spiro atoms. The van der Waals surface area contributed by atoms with E-state index in [2.05, 4.69) is 31.2 Å². The van der Waals surface area contributed by atoms with E-state index in [1.807, 2.05) is 66.7 Å². The molecule has 0 aliphatic rings. The fourth-order valence-electron chi connectivity index (χ4n) is 3.52. The molecule has 0 saturated carbocycles. The van der Waals surface area contributed by atoms with Gasteiger partial charge in [-0.3, -0.25) is 0 Å². The van der Waals surface area contributed by atoms with Crippen LogP contribution in [0, 0.1) is 0 Å². The van der Waals surface area contributed by atoms with Gasteiger partial charge < -0.3 is 26.9 Å². The summed E-state index contributed by atoms with van der Waals surface area (Å²) in [5.41, 5.74) is 0. The Morgan fingerprint density at radius 2 is 0.971 bits per heavy atom. The smallest absolute Gasteiger partial charge is 0.391 e. The Morgan fingerprint density at radius 3 is 1.32 bits per heavy atom. The zero-order valence-electron chi connectivity index (χ0n) is 20.7. The van der Waals surface area contributed by atoms with Crippen LogP contribution in [0.3, 0.4) is 0 Å². The minimum absolute atomic E-state index is 0.248. The molecule has 3 aromatic rings. The highest BCUT2D eigenvalue weighted by Gasteiger charge is 2.42. The van der Waals surface area contributed by atoms with Gasteiger partial charge in [0.2, 0.25) is 0 Å². The Hall–Kier alpha value is -2.15. The Bertz CT molecular complexity index is 861. The zero-order valence-corrected chi connectivity index (χ0v) is 22.7. The summed E-state index contributed by atoms with van der Waals surface area (Å²) in [5.74, 6) is 0. The number of hydrogen-bond donors (Lipinski definition) is 0. The molecule has 8 heteroatoms. The van der Waals surface area contributed by atoms with Crippen LogP contribution in [0.5, 0.6) is 0 Å². The topological polar surface area (TPSA) is 55.4 Å². The lowest BCUT2D eigenvalue weighted by Gasteiger charge is -2.29. The van der Waals surface area contributed by atoms with Crippen LogP contribution in [-0.2, 0) is 26.9 Å². The van der Waals surface area contributed by atoms with E-state index in [1.165, 1.54) is 0 Å². The first kappa shape index (κ1) is 28.1. The monoisotopic (exact) mass is 500 g/mol. The minimum atomic E-state index is -2.70. The molecule has 0 aromatic heterocycles. The molecule has 0 radical (unpaired) electrons. The number of hydrogen-bond acceptors (Lipinski definition) is 6. The molecule has 0 amide bonds. The maximum atomic E-state index is 6.15. The van der Waals surface area contributed by atoms with Crippen molar-refractivity contribution in [1.29, 1.82) is 0 Å². The van der Waals surface area contributed by atoms with Crippen LogP contribution in [0.25, 0.3) is 0 Å². The highest BCUT2D eigenvalue weighted by atomic mass is 28.4. The van der Waals surface area contributed by atoms with E-state index in [1.54, 1.807) is 28.4 Å². The lowest BCUT2D eigenvalue weighted by Crippen LogP contribution is -2.63. The van der Waals surface area contributed by atoms with Gasteiger partial charge in [0.25, 0.3) is 0 Å². The molecular formula is C26H36O6Si2. The first-order valence-electron chi connectivity index (χ1n) is 11.2. The van der Waals surface area contributed by atoms with Crippen molar-refractivity contribution in [2.45, 2.75) is 13.3 Å². The van der Waals surface area contributed by atoms with Crippen molar-refractivity contribution in [3.8, 4) is 0 Å². The highest BCUT2D eigenvalue weighted by molar-refractivity contribution is 6.92. The van der Waals surface area contributed by atoms with Crippen LogP contribution in [0.4, 0.5) is 0 Å². The minimum Gasteiger partial charge on any atom is -0.391 e. The van der Waals surface area contributed by atoms with Crippen LogP contribution in [0.15, 0.2) is 91.0 Å². The van der Waals surface area contributed by atoms with Crippen molar-refractivity contribution in [2.24, 2.45) is 0 Å². The quantitative estimate of drug-likeness (QED) is 0.216. The van der Waals surface area contributed by atoms with Crippen LogP contribution in [0.1, 0.15) is 13.3 Å². The van der Waals surface area contributed by atoms with Gasteiger partial charge in [-0.15, -0.1) is 0 Å². The van der Waals surface area contributed by atoms with Gasteiger partial charge in [-0.2, -0.15) is 0 Å². The predicted octanol–water partition coefficient (Wildman–Crippen LogP) is 3.06. The lowest BCUT2D eigenvalue weighted by atomic mass is 10.4. The molecule has 0 aliphatic heterocycles. The first-order valence-corrected chi connectivity index (χ1v) is 14.8. The van der Waals surface area contributed by atoms with E-state index in [4.69, 9.17) is 26.9 Å². The lowest BCUT2D eigenvalue weighted by molar-refractivity contribution is -0.000850. The Balaban J connectivity index is 0.000000270. The number of benzene rings is 3. The van der Waals surface area contributed by atoms with E-state index in [0.29, 0.717) is 6.61 Å². The maximum absolute atomic E-state index is 6.15. The largest absolute Gasteiger partial charge is 0.536 e. The van der Waals surface area contributed by atoms with E-state index < -0.39 is 17.4 Å². The molecule has 0 N–H and O–H groups in total. The van der Waals surface area contributed by atoms with Crippen molar-refractivity contribution in [3.63, 3.8) is 0 Å². The van der Waals surface area contributed by atoms with Crippen molar-refractivity contribution < 1.29 is 26.9 Å². The molecule has 0 aliphatic carbocycles. The Kier molecular flexibility index (Phi) is 12.4. The Morgan fingerprint density at radius 1 is 0.559 bits per heavy atom. The second kappa shape index (κ2) is 15.0. The SMILES string of the molecule is CCCOCO[Si](OC)(c1ccccc1)c1ccccc1.CO[Si](OC)(OC)c1ccccc1. The second-order valence-corrected chi connectivity index (χ2v) is 13.3. The molecule has 0 bridgehead atoms. The van der Waals surface area contributed by atoms with Gasteiger partial charge in [0, 0.05) is 40.2 Å². The van der Waals surface area contributed by atoms with Crippen LogP contribution in [0.2, 0.25) is 0 Å². The summed E-state index contributed by atoms with van der Waals surface area (Å²) >= 11 is 0. The number of rotatable bonds is 12. The molecule has 3 rings (SSSR count). The highest BCUT2D eigenvalue weighted by Crippen LogP contribution is 2.09. The van der Waals surface area contributed by atoms with Crippen molar-refractivity contribution in [1.82, 2.24) is 0 Å². The van der Waals surface area contributed by atoms with Gasteiger partial charge in [-0.1, -0.05) is 97.9 Å². The second-order valence-electron chi connectivity index (χ2n) is 7.26. The van der Waals surface area contributed by atoms with Crippen molar-refractivity contribution in [2.75, 3.05) is 41.8 Å². The van der Waals surface area contributed by atoms with Gasteiger partial charge in [0.05, 0.1) is 0 Å². The van der Waals surface area contributed by atoms with E-state index >= 15 is 0 Å². The van der Waals surface area contributed by atoms with Gasteiger partial charge in [-0.05, 0) is 16.8 Å². The molecule has 0 unspecified atom stereocenters. The zero-order chi connectivity index (χ0) is 24.7. The fraction of sp³-hybridized carbons (Fsp3) is 0.308. The molecule has 0 saturated heterocycles. The van der Waals surface area contributed by atoms with Crippen LogP contribution < -0.4 is 15.6 Å². The number of ether oxygens (including phenoxy) is 1. The summed E-state index contributed by atoms with van der Waals surface area (Å²) < 4.78 is 33.5. The third-order valence-electron chi connectivity index (χ3n) is 5.22. The van der Waals surface area contributed by atoms with Crippen molar-refractivity contribution >= 4 is 32.9 Å². The average molecular weight is 501 g/mol. The average Bonchev–Trinajstić information content (AvgIpc) is 2.92. The standard InChI is InChI=1S/C17H22O3Si.C9H14O3Si/c1-3-14-19-15-20-21(18-2,16-10-6-4-7-11-16)17-12-8-5-9-13-17;1-10-13(11-2,12-3)9-7-5-4-6-8-9/h4-13H,3,14-15H2,1-2H3;4-8H,1-3H3. The van der Waals surface area contributed by atoms with Crippen molar-refractivity contribution in [3.05, 3.63) is 91.0 Å². The summed E-state index contributed by atoms with van der Waals surface area (Å²) in [6.07, 6.45) is 0.974. The first-order chi connectivity index (χ1) is 16.6. The maximum Gasteiger partial charge on any atom is 0.536 e. The van der Waals surface area contributed by atoms with Crippen LogP contribution in [-0.4, -0.2) is 59.2 Å².